The number of nitrogens with two attached hydrogens (primary N) is 1. The number of ether oxygens (including phenoxy) is 1. The molecule has 0 bridgehead atoms. The molecule has 1 saturated heterocycles. The number of aliphatic hydroxyl groups excluding tert-OH is 1. The fraction of sp³-hybridized carbons (Fsp3) is 0.833. The third-order valence-electron chi connectivity index (χ3n) is 2.88. The van der Waals surface area contributed by atoms with Crippen LogP contribution in [0.25, 0.3) is 0 Å². The smallest absolute Gasteiger partial charge is 0.408 e. The first-order chi connectivity index (χ1) is 8.69. The molecule has 0 spiro atoms. The maximum Gasteiger partial charge on any atom is 0.408 e. The lowest BCUT2D eigenvalue weighted by atomic mass is 9.99. The number of hydrogen-bond acceptors (Lipinski definition) is 5. The van der Waals surface area contributed by atoms with Crippen LogP contribution < -0.4 is 16.4 Å². The van der Waals surface area contributed by atoms with Crippen LogP contribution >= 0.6 is 0 Å². The van der Waals surface area contributed by atoms with Crippen molar-refractivity contribution in [2.75, 3.05) is 6.54 Å². The van der Waals surface area contributed by atoms with Gasteiger partial charge in [-0.2, -0.15) is 0 Å². The Morgan fingerprint density at radius 3 is 2.58 bits per heavy atom. The molecule has 0 aromatic rings. The lowest BCUT2D eigenvalue weighted by molar-refractivity contribution is -0.127. The number of carbonyl (C=O) groups excluding carboxylic acids is 2. The summed E-state index contributed by atoms with van der Waals surface area (Å²) in [5.74, 6) is -0.844. The molecule has 7 heteroatoms. The van der Waals surface area contributed by atoms with E-state index in [9.17, 15) is 14.7 Å². The van der Waals surface area contributed by atoms with Crippen LogP contribution in [0.1, 0.15) is 33.6 Å². The summed E-state index contributed by atoms with van der Waals surface area (Å²) in [5.41, 5.74) is 4.78. The maximum absolute atomic E-state index is 11.6. The molecule has 0 radical (unpaired) electrons. The molecule has 1 rings (SSSR count). The number of rotatable bonds is 4. The summed E-state index contributed by atoms with van der Waals surface area (Å²) in [5, 5.41) is 15.1. The second-order valence-electron chi connectivity index (χ2n) is 5.85. The summed E-state index contributed by atoms with van der Waals surface area (Å²) in [6, 6.07) is 0. The Hall–Kier alpha value is -1.34. The standard InChI is InChI=1S/C12H23N3O4/c1-12(2,3)15-11(18)19-8(9(13)16)6-7-4-5-14-10(7)17/h7-8,10,14,17H,4-6H2,1-3H3,(H2,13,16)(H,15,18)/t7-,8-,10-/m0/s1. The molecule has 0 saturated carbocycles. The van der Waals surface area contributed by atoms with Crippen LogP contribution in [0.3, 0.4) is 0 Å². The van der Waals surface area contributed by atoms with E-state index >= 15 is 0 Å². The highest BCUT2D eigenvalue weighted by Gasteiger charge is 2.32. The lowest BCUT2D eigenvalue weighted by Crippen LogP contribution is -2.45. The summed E-state index contributed by atoms with van der Waals surface area (Å²) in [7, 11) is 0. The van der Waals surface area contributed by atoms with Crippen molar-refractivity contribution in [3.05, 3.63) is 0 Å². The van der Waals surface area contributed by atoms with E-state index in [1.807, 2.05) is 0 Å². The van der Waals surface area contributed by atoms with E-state index in [0.29, 0.717) is 6.54 Å². The molecule has 2 amide bonds. The Bertz CT molecular complexity index is 340. The first-order valence-electron chi connectivity index (χ1n) is 6.38. The summed E-state index contributed by atoms with van der Waals surface area (Å²) in [6.07, 6.45) is -1.45. The minimum atomic E-state index is -1.03. The molecule has 3 atom stereocenters. The minimum Gasteiger partial charge on any atom is -0.436 e. The molecule has 0 aromatic heterocycles. The fourth-order valence-corrected chi connectivity index (χ4v) is 1.95. The quantitative estimate of drug-likeness (QED) is 0.561. The maximum atomic E-state index is 11.6. The van der Waals surface area contributed by atoms with Gasteiger partial charge in [-0.25, -0.2) is 4.79 Å². The van der Waals surface area contributed by atoms with Crippen molar-refractivity contribution in [3.8, 4) is 0 Å². The van der Waals surface area contributed by atoms with Crippen LogP contribution in [0.2, 0.25) is 0 Å². The van der Waals surface area contributed by atoms with Crippen LogP contribution in [-0.2, 0) is 9.53 Å². The van der Waals surface area contributed by atoms with Crippen molar-refractivity contribution in [2.45, 2.75) is 51.5 Å². The van der Waals surface area contributed by atoms with Crippen LogP contribution in [0.4, 0.5) is 4.79 Å². The number of aliphatic hydroxyl groups is 1. The zero-order valence-electron chi connectivity index (χ0n) is 11.6. The minimum absolute atomic E-state index is 0.139. The van der Waals surface area contributed by atoms with E-state index < -0.39 is 29.9 Å². The number of carbonyl (C=O) groups is 2. The highest BCUT2D eigenvalue weighted by Crippen LogP contribution is 2.21. The van der Waals surface area contributed by atoms with Crippen LogP contribution in [-0.4, -0.2) is 41.5 Å². The molecule has 110 valence electrons. The van der Waals surface area contributed by atoms with Crippen molar-refractivity contribution >= 4 is 12.0 Å². The zero-order valence-corrected chi connectivity index (χ0v) is 11.6. The lowest BCUT2D eigenvalue weighted by Gasteiger charge is -2.24. The normalized spacial score (nSPS) is 24.8. The van der Waals surface area contributed by atoms with Gasteiger partial charge >= 0.3 is 6.09 Å². The Morgan fingerprint density at radius 2 is 2.16 bits per heavy atom. The van der Waals surface area contributed by atoms with Gasteiger partial charge < -0.3 is 20.9 Å². The monoisotopic (exact) mass is 273 g/mol. The van der Waals surface area contributed by atoms with Gasteiger partial charge in [-0.3, -0.25) is 10.1 Å². The van der Waals surface area contributed by atoms with E-state index in [-0.39, 0.29) is 12.3 Å². The molecule has 1 aliphatic heterocycles. The van der Waals surface area contributed by atoms with E-state index in [2.05, 4.69) is 10.6 Å². The van der Waals surface area contributed by atoms with Gasteiger partial charge in [0.25, 0.3) is 5.91 Å². The molecular weight excluding hydrogens is 250 g/mol. The van der Waals surface area contributed by atoms with E-state index in [0.717, 1.165) is 6.42 Å². The predicted molar refractivity (Wildman–Crippen MR) is 69.1 cm³/mol. The third kappa shape index (κ3) is 5.44. The Kier molecular flexibility index (Phi) is 5.13. The summed E-state index contributed by atoms with van der Waals surface area (Å²) in [6.45, 7) is 6.08. The molecule has 0 aromatic carbocycles. The van der Waals surface area contributed by atoms with Crippen LogP contribution in [0.15, 0.2) is 0 Å². The van der Waals surface area contributed by atoms with Crippen molar-refractivity contribution in [1.82, 2.24) is 10.6 Å². The zero-order chi connectivity index (χ0) is 14.6. The Balaban J connectivity index is 2.53. The Labute approximate surface area is 112 Å². The van der Waals surface area contributed by atoms with Gasteiger partial charge in [-0.15, -0.1) is 0 Å². The number of amides is 2. The molecule has 5 N–H and O–H groups in total. The molecule has 1 fully saturated rings. The third-order valence-corrected chi connectivity index (χ3v) is 2.88. The number of nitrogens with one attached hydrogen (secondary N) is 2. The van der Waals surface area contributed by atoms with Crippen molar-refractivity contribution in [1.29, 1.82) is 0 Å². The van der Waals surface area contributed by atoms with Gasteiger partial charge in [0.15, 0.2) is 6.10 Å². The van der Waals surface area contributed by atoms with Crippen molar-refractivity contribution in [2.24, 2.45) is 11.7 Å². The summed E-state index contributed by atoms with van der Waals surface area (Å²) in [4.78, 5) is 22.9. The summed E-state index contributed by atoms with van der Waals surface area (Å²) >= 11 is 0. The highest BCUT2D eigenvalue weighted by molar-refractivity contribution is 5.82. The second kappa shape index (κ2) is 6.21. The van der Waals surface area contributed by atoms with Crippen molar-refractivity contribution < 1.29 is 19.4 Å². The molecule has 19 heavy (non-hydrogen) atoms. The van der Waals surface area contributed by atoms with Gasteiger partial charge in [0.05, 0.1) is 0 Å². The molecule has 1 aliphatic rings. The number of hydrogen-bond donors (Lipinski definition) is 4. The summed E-state index contributed by atoms with van der Waals surface area (Å²) < 4.78 is 5.03. The van der Waals surface area contributed by atoms with Gasteiger partial charge in [-0.05, 0) is 33.7 Å². The average Bonchev–Trinajstić information content (AvgIpc) is 2.60. The molecule has 0 aliphatic carbocycles. The molecule has 7 nitrogen and oxygen atoms in total. The molecule has 1 heterocycles. The van der Waals surface area contributed by atoms with Gasteiger partial charge in [-0.1, -0.05) is 0 Å². The van der Waals surface area contributed by atoms with Gasteiger partial charge in [0.1, 0.15) is 6.23 Å². The van der Waals surface area contributed by atoms with Crippen molar-refractivity contribution in [3.63, 3.8) is 0 Å². The fourth-order valence-electron chi connectivity index (χ4n) is 1.95. The van der Waals surface area contributed by atoms with E-state index in [1.165, 1.54) is 0 Å². The van der Waals surface area contributed by atoms with E-state index in [1.54, 1.807) is 20.8 Å². The van der Waals surface area contributed by atoms with Crippen LogP contribution in [0, 0.1) is 5.92 Å². The van der Waals surface area contributed by atoms with Gasteiger partial charge in [0.2, 0.25) is 0 Å². The SMILES string of the molecule is CC(C)(C)NC(=O)O[C@@H](C[C@@H]1CCN[C@H]1O)C(N)=O. The second-order valence-corrected chi connectivity index (χ2v) is 5.85. The largest absolute Gasteiger partial charge is 0.436 e. The first-order valence-corrected chi connectivity index (χ1v) is 6.38. The first kappa shape index (κ1) is 15.7. The Morgan fingerprint density at radius 1 is 1.53 bits per heavy atom. The van der Waals surface area contributed by atoms with Gasteiger partial charge in [0, 0.05) is 17.9 Å². The topological polar surface area (TPSA) is 114 Å². The number of primary amides is 1. The predicted octanol–water partition coefficient (Wildman–Crippen LogP) is -0.317. The number of alkyl carbamates (subject to hydrolysis) is 1. The van der Waals surface area contributed by atoms with E-state index in [4.69, 9.17) is 10.5 Å². The van der Waals surface area contributed by atoms with Crippen LogP contribution in [0.5, 0.6) is 0 Å². The molecular formula is C12H23N3O4. The molecule has 0 unspecified atom stereocenters. The average molecular weight is 273 g/mol. The highest BCUT2D eigenvalue weighted by atomic mass is 16.6.